The van der Waals surface area contributed by atoms with Gasteiger partial charge in [0.1, 0.15) is 0 Å². The molecule has 0 spiro atoms. The van der Waals surface area contributed by atoms with Crippen LogP contribution in [-0.2, 0) is 0 Å². The van der Waals surface area contributed by atoms with Crippen LogP contribution in [0.2, 0.25) is 0 Å². The molecule has 1 aromatic rings. The molecule has 0 aliphatic rings. The minimum Gasteiger partial charge on any atom is -0.395 e. The van der Waals surface area contributed by atoms with E-state index in [0.717, 1.165) is 24.1 Å². The number of aliphatic hydroxyl groups excluding tert-OH is 1. The van der Waals surface area contributed by atoms with E-state index in [-0.39, 0.29) is 12.4 Å². The van der Waals surface area contributed by atoms with Crippen molar-refractivity contribution in [2.24, 2.45) is 0 Å². The summed E-state index contributed by atoms with van der Waals surface area (Å²) in [5, 5.41) is 8.97. The van der Waals surface area contributed by atoms with Crippen molar-refractivity contribution in [3.8, 4) is 0 Å². The van der Waals surface area contributed by atoms with Gasteiger partial charge >= 0.3 is 0 Å². The summed E-state index contributed by atoms with van der Waals surface area (Å²) in [4.78, 5) is 16.9. The van der Waals surface area contributed by atoms with Gasteiger partial charge in [-0.3, -0.25) is 9.69 Å². The average molecular weight is 292 g/mol. The van der Waals surface area contributed by atoms with Crippen molar-refractivity contribution in [2.45, 2.75) is 32.2 Å². The van der Waals surface area contributed by atoms with Gasteiger partial charge in [-0.15, -0.1) is 0 Å². The summed E-state index contributed by atoms with van der Waals surface area (Å²) in [5.74, 6) is 0.175. The quantitative estimate of drug-likeness (QED) is 0.747. The molecule has 1 aromatic carbocycles. The summed E-state index contributed by atoms with van der Waals surface area (Å²) in [5.41, 5.74) is 1.32. The highest BCUT2D eigenvalue weighted by Crippen LogP contribution is 2.27. The number of Topliss-reactive ketones (excluding diaryl/α,β-unsaturated/α-hetero) is 1. The number of carbonyl (C=O) groups is 1. The number of hydrogen-bond donors (Lipinski definition) is 1. The van der Waals surface area contributed by atoms with Crippen LogP contribution in [-0.4, -0.2) is 55.6 Å². The normalized spacial score (nSPS) is 11.8. The third kappa shape index (κ3) is 3.63. The number of nitrogens with zero attached hydrogens (tertiary/aromatic N) is 2. The number of rotatable bonds is 8. The molecule has 0 saturated carbocycles. The first-order valence-electron chi connectivity index (χ1n) is 7.57. The second kappa shape index (κ2) is 7.57. The highest BCUT2D eigenvalue weighted by atomic mass is 16.3. The Bertz CT molecular complexity index is 450. The predicted molar refractivity (Wildman–Crippen MR) is 88.1 cm³/mol. The lowest BCUT2D eigenvalue weighted by molar-refractivity contribution is 0.0656. The van der Waals surface area contributed by atoms with Gasteiger partial charge in [0.15, 0.2) is 5.78 Å². The third-order valence-corrected chi connectivity index (χ3v) is 4.45. The van der Waals surface area contributed by atoms with E-state index in [1.165, 1.54) is 0 Å². The molecule has 1 N–H and O–H groups in total. The zero-order valence-electron chi connectivity index (χ0n) is 13.9. The summed E-state index contributed by atoms with van der Waals surface area (Å²) < 4.78 is 0. The van der Waals surface area contributed by atoms with Gasteiger partial charge in [0.25, 0.3) is 0 Å². The molecule has 4 nitrogen and oxygen atoms in total. The molecular weight excluding hydrogens is 264 g/mol. The Kier molecular flexibility index (Phi) is 6.37. The molecule has 0 saturated heterocycles. The molecular formula is C17H28N2O2. The first kappa shape index (κ1) is 17.7. The molecule has 0 unspecified atom stereocenters. The van der Waals surface area contributed by atoms with Crippen LogP contribution in [0.1, 0.15) is 37.0 Å². The van der Waals surface area contributed by atoms with Crippen LogP contribution in [0.3, 0.4) is 0 Å². The van der Waals surface area contributed by atoms with Crippen LogP contribution in [0.5, 0.6) is 0 Å². The van der Waals surface area contributed by atoms with Crippen LogP contribution in [0.4, 0.5) is 5.69 Å². The fourth-order valence-corrected chi connectivity index (χ4v) is 2.82. The van der Waals surface area contributed by atoms with E-state index in [1.54, 1.807) is 0 Å². The number of hydrogen-bond acceptors (Lipinski definition) is 4. The van der Waals surface area contributed by atoms with Crippen LogP contribution < -0.4 is 4.90 Å². The first-order valence-corrected chi connectivity index (χ1v) is 7.57. The van der Waals surface area contributed by atoms with Crippen LogP contribution in [0.25, 0.3) is 0 Å². The van der Waals surface area contributed by atoms with Gasteiger partial charge in [-0.2, -0.15) is 0 Å². The second-order valence-electron chi connectivity index (χ2n) is 5.65. The molecule has 118 valence electrons. The Balaban J connectivity index is 3.03. The van der Waals surface area contributed by atoms with Crippen molar-refractivity contribution in [3.05, 3.63) is 29.8 Å². The SMILES string of the molecule is CCC(CC)(C(=O)c1ccc(N(C)CCO)cc1)N(C)C. The van der Waals surface area contributed by atoms with Gasteiger partial charge in [0.2, 0.25) is 0 Å². The summed E-state index contributed by atoms with van der Waals surface area (Å²) in [7, 11) is 5.86. The van der Waals surface area contributed by atoms with Crippen molar-refractivity contribution in [1.29, 1.82) is 0 Å². The molecule has 0 aromatic heterocycles. The molecule has 4 heteroatoms. The lowest BCUT2D eigenvalue weighted by atomic mass is 9.83. The standard InChI is InChI=1S/C17H28N2O2/c1-6-17(7-2,18(3)4)16(21)14-8-10-15(11-9-14)19(5)12-13-20/h8-11,20H,6-7,12-13H2,1-5H3. The summed E-state index contributed by atoms with van der Waals surface area (Å²) >= 11 is 0. The van der Waals surface area contributed by atoms with Gasteiger partial charge < -0.3 is 10.0 Å². The van der Waals surface area contributed by atoms with Crippen molar-refractivity contribution in [1.82, 2.24) is 4.90 Å². The summed E-state index contributed by atoms with van der Waals surface area (Å²) in [6.45, 7) is 4.82. The van der Waals surface area contributed by atoms with Gasteiger partial charge in [-0.25, -0.2) is 0 Å². The van der Waals surface area contributed by atoms with Gasteiger partial charge in [-0.1, -0.05) is 13.8 Å². The number of benzene rings is 1. The Morgan fingerprint density at radius 1 is 1.10 bits per heavy atom. The number of ketones is 1. The number of aliphatic hydroxyl groups is 1. The Morgan fingerprint density at radius 3 is 2.00 bits per heavy atom. The van der Waals surface area contributed by atoms with E-state index in [9.17, 15) is 4.79 Å². The van der Waals surface area contributed by atoms with E-state index in [2.05, 4.69) is 13.8 Å². The molecule has 21 heavy (non-hydrogen) atoms. The van der Waals surface area contributed by atoms with E-state index in [1.807, 2.05) is 55.2 Å². The Labute approximate surface area is 128 Å². The molecule has 0 atom stereocenters. The topological polar surface area (TPSA) is 43.8 Å². The summed E-state index contributed by atoms with van der Waals surface area (Å²) in [6, 6.07) is 7.65. The van der Waals surface area contributed by atoms with E-state index in [4.69, 9.17) is 5.11 Å². The van der Waals surface area contributed by atoms with Crippen molar-refractivity contribution >= 4 is 11.5 Å². The van der Waals surface area contributed by atoms with Crippen LogP contribution in [0, 0.1) is 0 Å². The van der Waals surface area contributed by atoms with Crippen molar-refractivity contribution in [3.63, 3.8) is 0 Å². The highest BCUT2D eigenvalue weighted by molar-refractivity contribution is 6.03. The maximum atomic E-state index is 12.9. The molecule has 0 radical (unpaired) electrons. The number of likely N-dealkylation sites (N-methyl/N-ethyl adjacent to an activating group) is 2. The lowest BCUT2D eigenvalue weighted by Gasteiger charge is -2.37. The minimum atomic E-state index is -0.432. The Morgan fingerprint density at radius 2 is 1.62 bits per heavy atom. The van der Waals surface area contributed by atoms with E-state index in [0.29, 0.717) is 6.54 Å². The fourth-order valence-electron chi connectivity index (χ4n) is 2.82. The van der Waals surface area contributed by atoms with Gasteiger partial charge in [0.05, 0.1) is 12.1 Å². The number of anilines is 1. The van der Waals surface area contributed by atoms with E-state index < -0.39 is 5.54 Å². The molecule has 1 rings (SSSR count). The average Bonchev–Trinajstić information content (AvgIpc) is 2.49. The lowest BCUT2D eigenvalue weighted by Crippen LogP contribution is -2.50. The monoisotopic (exact) mass is 292 g/mol. The highest BCUT2D eigenvalue weighted by Gasteiger charge is 2.37. The van der Waals surface area contributed by atoms with E-state index >= 15 is 0 Å². The summed E-state index contributed by atoms with van der Waals surface area (Å²) in [6.07, 6.45) is 1.59. The maximum absolute atomic E-state index is 12.9. The third-order valence-electron chi connectivity index (χ3n) is 4.45. The predicted octanol–water partition coefficient (Wildman–Crippen LogP) is 2.42. The second-order valence-corrected chi connectivity index (χ2v) is 5.65. The fraction of sp³-hybridized carbons (Fsp3) is 0.588. The zero-order valence-corrected chi connectivity index (χ0v) is 13.9. The zero-order chi connectivity index (χ0) is 16.0. The van der Waals surface area contributed by atoms with Crippen LogP contribution in [0.15, 0.2) is 24.3 Å². The molecule has 0 bridgehead atoms. The minimum absolute atomic E-state index is 0.118. The van der Waals surface area contributed by atoms with Crippen molar-refractivity contribution < 1.29 is 9.90 Å². The smallest absolute Gasteiger partial charge is 0.183 e. The molecule has 0 aliphatic carbocycles. The Hall–Kier alpha value is -1.39. The van der Waals surface area contributed by atoms with Gasteiger partial charge in [0, 0.05) is 24.8 Å². The van der Waals surface area contributed by atoms with Gasteiger partial charge in [-0.05, 0) is 51.2 Å². The largest absolute Gasteiger partial charge is 0.395 e. The molecule has 0 fully saturated rings. The maximum Gasteiger partial charge on any atom is 0.183 e. The van der Waals surface area contributed by atoms with Crippen LogP contribution >= 0.6 is 0 Å². The van der Waals surface area contributed by atoms with Crippen molar-refractivity contribution in [2.75, 3.05) is 39.2 Å². The molecule has 0 heterocycles. The number of carbonyl (C=O) groups excluding carboxylic acids is 1. The molecule has 0 aliphatic heterocycles. The molecule has 0 amide bonds. The first-order chi connectivity index (χ1) is 9.92.